The molecule has 0 unspecified atom stereocenters. The van der Waals surface area contributed by atoms with E-state index >= 15 is 0 Å². The molecule has 0 aliphatic carbocycles. The van der Waals surface area contributed by atoms with Crippen LogP contribution in [-0.4, -0.2) is 53.0 Å². The Morgan fingerprint density at radius 3 is 2.88 bits per heavy atom. The molecule has 3 rings (SSSR count). The van der Waals surface area contributed by atoms with Crippen molar-refractivity contribution >= 4 is 11.7 Å². The molecule has 6 heteroatoms. The highest BCUT2D eigenvalue weighted by Gasteiger charge is 2.29. The molecule has 0 spiro atoms. The quantitative estimate of drug-likeness (QED) is 0.902. The molecule has 134 valence electrons. The highest BCUT2D eigenvalue weighted by Crippen LogP contribution is 2.25. The number of nitrogens with one attached hydrogen (secondary N) is 1. The van der Waals surface area contributed by atoms with Gasteiger partial charge in [-0.3, -0.25) is 4.90 Å². The number of benzene rings is 1. The molecule has 1 aliphatic rings. The van der Waals surface area contributed by atoms with Crippen LogP contribution < -0.4 is 5.32 Å². The van der Waals surface area contributed by atoms with E-state index in [-0.39, 0.29) is 6.03 Å². The molecule has 6 nitrogen and oxygen atoms in total. The largest absolute Gasteiger partial charge is 0.445 e. The maximum absolute atomic E-state index is 12.7. The molecule has 1 aromatic heterocycles. The summed E-state index contributed by atoms with van der Waals surface area (Å²) in [5.41, 5.74) is 2.67. The fraction of sp³-hybridized carbons (Fsp3) is 0.474. The number of anilines is 1. The number of aryl methyl sites for hydroxylation is 1. The van der Waals surface area contributed by atoms with Crippen LogP contribution in [0.2, 0.25) is 0 Å². The zero-order valence-corrected chi connectivity index (χ0v) is 15.2. The molecule has 1 N–H and O–H groups in total. The van der Waals surface area contributed by atoms with Crippen LogP contribution in [0.1, 0.15) is 25.8 Å². The van der Waals surface area contributed by atoms with E-state index in [9.17, 15) is 4.79 Å². The van der Waals surface area contributed by atoms with Crippen LogP contribution in [0, 0.1) is 6.92 Å². The first-order chi connectivity index (χ1) is 12.1. The molecule has 1 aliphatic heterocycles. The number of hydrogen-bond acceptors (Lipinski definition) is 4. The van der Waals surface area contributed by atoms with E-state index in [4.69, 9.17) is 4.42 Å². The van der Waals surface area contributed by atoms with E-state index in [1.54, 1.807) is 12.5 Å². The van der Waals surface area contributed by atoms with Gasteiger partial charge in [0.25, 0.3) is 0 Å². The van der Waals surface area contributed by atoms with Crippen LogP contribution in [0.5, 0.6) is 0 Å². The Bertz CT molecular complexity index is 710. The van der Waals surface area contributed by atoms with Gasteiger partial charge in [0.05, 0.1) is 6.20 Å². The van der Waals surface area contributed by atoms with Crippen LogP contribution in [0.15, 0.2) is 35.1 Å². The van der Waals surface area contributed by atoms with Crippen molar-refractivity contribution in [1.29, 1.82) is 0 Å². The van der Waals surface area contributed by atoms with Gasteiger partial charge in [-0.1, -0.05) is 19.9 Å². The number of hydrogen-bond donors (Lipinski definition) is 1. The maximum Gasteiger partial charge on any atom is 0.321 e. The van der Waals surface area contributed by atoms with Gasteiger partial charge in [-0.2, -0.15) is 0 Å². The van der Waals surface area contributed by atoms with E-state index in [1.807, 2.05) is 30.0 Å². The highest BCUT2D eigenvalue weighted by atomic mass is 16.3. The normalized spacial score (nSPS) is 17.3. The fourth-order valence-electron chi connectivity index (χ4n) is 3.41. The smallest absolute Gasteiger partial charge is 0.321 e. The first kappa shape index (κ1) is 17.5. The highest BCUT2D eigenvalue weighted by molar-refractivity contribution is 5.91. The molecule has 25 heavy (non-hydrogen) atoms. The summed E-state index contributed by atoms with van der Waals surface area (Å²) in [6.45, 7) is 9.95. The average molecular weight is 342 g/mol. The van der Waals surface area contributed by atoms with E-state index in [2.05, 4.69) is 29.0 Å². The summed E-state index contributed by atoms with van der Waals surface area (Å²) in [6.07, 6.45) is 4.19. The van der Waals surface area contributed by atoms with Crippen molar-refractivity contribution in [1.82, 2.24) is 14.8 Å². The minimum absolute atomic E-state index is 0.0395. The molecule has 2 amide bonds. The van der Waals surface area contributed by atoms with Gasteiger partial charge in [-0.05, 0) is 44.1 Å². The van der Waals surface area contributed by atoms with Crippen molar-refractivity contribution in [2.45, 2.75) is 33.2 Å². The lowest BCUT2D eigenvalue weighted by atomic mass is 10.1. The summed E-state index contributed by atoms with van der Waals surface area (Å²) in [5.74, 6) is 0.554. The monoisotopic (exact) mass is 342 g/mol. The Kier molecular flexibility index (Phi) is 5.38. The molecular formula is C19H26N4O2. The van der Waals surface area contributed by atoms with Gasteiger partial charge in [0.2, 0.25) is 5.89 Å². The first-order valence-electron chi connectivity index (χ1n) is 8.92. The van der Waals surface area contributed by atoms with Crippen molar-refractivity contribution < 1.29 is 9.21 Å². The predicted octanol–water partition coefficient (Wildman–Crippen LogP) is 3.60. The number of urea groups is 1. The van der Waals surface area contributed by atoms with Gasteiger partial charge in [0.1, 0.15) is 6.26 Å². The minimum Gasteiger partial charge on any atom is -0.445 e. The number of rotatable bonds is 5. The summed E-state index contributed by atoms with van der Waals surface area (Å²) in [4.78, 5) is 21.2. The van der Waals surface area contributed by atoms with Gasteiger partial charge >= 0.3 is 6.03 Å². The molecule has 2 aromatic rings. The summed E-state index contributed by atoms with van der Waals surface area (Å²) >= 11 is 0. The van der Waals surface area contributed by atoms with Gasteiger partial charge in [-0.15, -0.1) is 0 Å². The van der Waals surface area contributed by atoms with Crippen LogP contribution >= 0.6 is 0 Å². The topological polar surface area (TPSA) is 61.6 Å². The molecule has 2 heterocycles. The molecule has 1 aromatic carbocycles. The molecular weight excluding hydrogens is 316 g/mol. The Labute approximate surface area is 148 Å². The molecule has 0 radical (unpaired) electrons. The maximum atomic E-state index is 12.7. The number of oxazole rings is 1. The average Bonchev–Trinajstić information content (AvgIpc) is 3.30. The summed E-state index contributed by atoms with van der Waals surface area (Å²) < 4.78 is 5.34. The van der Waals surface area contributed by atoms with Crippen molar-refractivity contribution in [3.8, 4) is 11.5 Å². The molecule has 1 saturated heterocycles. The number of nitrogens with zero attached hydrogens (tertiary/aromatic N) is 3. The first-order valence-corrected chi connectivity index (χ1v) is 8.92. The lowest BCUT2D eigenvalue weighted by molar-refractivity contribution is 0.202. The summed E-state index contributed by atoms with van der Waals surface area (Å²) in [5, 5.41) is 3.05. The van der Waals surface area contributed by atoms with E-state index < -0.39 is 0 Å². The van der Waals surface area contributed by atoms with Crippen LogP contribution in [0.4, 0.5) is 10.5 Å². The molecule has 0 bridgehead atoms. The van der Waals surface area contributed by atoms with Crippen molar-refractivity contribution in [2.24, 2.45) is 0 Å². The predicted molar refractivity (Wildman–Crippen MR) is 98.6 cm³/mol. The van der Waals surface area contributed by atoms with Gasteiger partial charge < -0.3 is 14.6 Å². The summed E-state index contributed by atoms with van der Waals surface area (Å²) in [6, 6.07) is 6.25. The Hall–Kier alpha value is -2.34. The van der Waals surface area contributed by atoms with E-state index in [0.29, 0.717) is 11.9 Å². The standard InChI is InChI=1S/C19H26N4O2/c1-4-22(5-2)16-8-10-23(13-16)19(24)21-17-12-15(7-6-14(17)3)18-20-9-11-25-18/h6-7,9,11-12,16H,4-5,8,10,13H2,1-3H3,(H,21,24)/t16-/m0/s1. The van der Waals surface area contributed by atoms with Gasteiger partial charge in [0, 0.05) is 30.4 Å². The Morgan fingerprint density at radius 2 is 2.20 bits per heavy atom. The number of carbonyl (C=O) groups is 1. The van der Waals surface area contributed by atoms with E-state index in [0.717, 1.165) is 49.4 Å². The van der Waals surface area contributed by atoms with Crippen molar-refractivity contribution in [2.75, 3.05) is 31.5 Å². The SMILES string of the molecule is CCN(CC)[C@H]1CCN(C(=O)Nc2cc(-c3ncco3)ccc2C)C1. The van der Waals surface area contributed by atoms with Crippen molar-refractivity contribution in [3.05, 3.63) is 36.2 Å². The van der Waals surface area contributed by atoms with Crippen LogP contribution in [-0.2, 0) is 0 Å². The number of likely N-dealkylation sites (N-methyl/N-ethyl adjacent to an activating group) is 1. The number of aromatic nitrogens is 1. The van der Waals surface area contributed by atoms with Crippen LogP contribution in [0.25, 0.3) is 11.5 Å². The lowest BCUT2D eigenvalue weighted by Crippen LogP contribution is -2.39. The second kappa shape index (κ2) is 7.70. The van der Waals surface area contributed by atoms with Crippen LogP contribution in [0.3, 0.4) is 0 Å². The van der Waals surface area contributed by atoms with Crippen molar-refractivity contribution in [3.63, 3.8) is 0 Å². The minimum atomic E-state index is -0.0395. The van der Waals surface area contributed by atoms with Gasteiger partial charge in [-0.25, -0.2) is 9.78 Å². The number of likely N-dealkylation sites (tertiary alicyclic amines) is 1. The lowest BCUT2D eigenvalue weighted by Gasteiger charge is -2.26. The summed E-state index contributed by atoms with van der Waals surface area (Å²) in [7, 11) is 0. The molecule has 1 fully saturated rings. The van der Waals surface area contributed by atoms with E-state index in [1.165, 1.54) is 0 Å². The number of carbonyl (C=O) groups excluding carboxylic acids is 1. The molecule has 0 saturated carbocycles. The Balaban J connectivity index is 1.68. The third kappa shape index (κ3) is 3.85. The second-order valence-corrected chi connectivity index (χ2v) is 6.41. The zero-order valence-electron chi connectivity index (χ0n) is 15.2. The fourth-order valence-corrected chi connectivity index (χ4v) is 3.41. The third-order valence-electron chi connectivity index (χ3n) is 4.94. The Morgan fingerprint density at radius 1 is 1.40 bits per heavy atom. The second-order valence-electron chi connectivity index (χ2n) is 6.41. The number of amides is 2. The molecule has 1 atom stereocenters. The third-order valence-corrected chi connectivity index (χ3v) is 4.94. The zero-order chi connectivity index (χ0) is 17.8. The van der Waals surface area contributed by atoms with Gasteiger partial charge in [0.15, 0.2) is 0 Å².